The Morgan fingerprint density at radius 3 is 2.33 bits per heavy atom. The lowest BCUT2D eigenvalue weighted by molar-refractivity contribution is 0.102. The van der Waals surface area contributed by atoms with E-state index >= 15 is 0 Å². The highest BCUT2D eigenvalue weighted by Crippen LogP contribution is 2.19. The van der Waals surface area contributed by atoms with Gasteiger partial charge in [0, 0.05) is 32.4 Å². The van der Waals surface area contributed by atoms with Crippen molar-refractivity contribution in [2.24, 2.45) is 7.05 Å². The Morgan fingerprint density at radius 1 is 1.28 bits per heavy atom. The Labute approximate surface area is 114 Å². The highest BCUT2D eigenvalue weighted by atomic mass is 79.9. The average molecular weight is 309 g/mol. The Hall–Kier alpha value is -1.69. The normalized spacial score (nSPS) is 10.4. The van der Waals surface area contributed by atoms with Crippen molar-refractivity contribution in [2.45, 2.75) is 0 Å². The minimum Gasteiger partial charge on any atom is -0.378 e. The van der Waals surface area contributed by atoms with Gasteiger partial charge >= 0.3 is 0 Å². The molecule has 2 rings (SSSR count). The monoisotopic (exact) mass is 308 g/mol. The molecule has 0 aliphatic carbocycles. The molecule has 0 saturated carbocycles. The van der Waals surface area contributed by atoms with E-state index in [1.165, 1.54) is 4.68 Å². The molecule has 0 aliphatic rings. The molecule has 18 heavy (non-hydrogen) atoms. The van der Waals surface area contributed by atoms with Gasteiger partial charge in [0.05, 0.1) is 0 Å². The van der Waals surface area contributed by atoms with Gasteiger partial charge in [-0.25, -0.2) is 4.68 Å². The lowest BCUT2D eigenvalue weighted by Gasteiger charge is -2.12. The van der Waals surface area contributed by atoms with Crippen LogP contribution in [-0.4, -0.2) is 34.9 Å². The average Bonchev–Trinajstić information content (AvgIpc) is 2.68. The van der Waals surface area contributed by atoms with Crippen LogP contribution in [0.1, 0.15) is 16.1 Å². The van der Waals surface area contributed by atoms with Gasteiger partial charge in [0.15, 0.2) is 4.60 Å². The first-order chi connectivity index (χ1) is 8.50. The van der Waals surface area contributed by atoms with E-state index in [4.69, 9.17) is 0 Å². The predicted octanol–water partition coefficient (Wildman–Crippen LogP) is 1.87. The second kappa shape index (κ2) is 4.89. The van der Waals surface area contributed by atoms with Gasteiger partial charge in [0.1, 0.15) is 5.69 Å². The number of aromatic nitrogens is 3. The van der Waals surface area contributed by atoms with Crippen molar-refractivity contribution in [3.63, 3.8) is 0 Å². The van der Waals surface area contributed by atoms with E-state index in [0.717, 1.165) is 5.69 Å². The third-order valence-electron chi connectivity index (χ3n) is 2.65. The number of halogens is 1. The van der Waals surface area contributed by atoms with Crippen molar-refractivity contribution in [3.8, 4) is 0 Å². The molecule has 0 amide bonds. The van der Waals surface area contributed by atoms with Crippen LogP contribution in [0, 0.1) is 0 Å². The van der Waals surface area contributed by atoms with E-state index < -0.39 is 0 Å². The first-order valence-corrected chi connectivity index (χ1v) is 6.17. The molecule has 0 atom stereocenters. The summed E-state index contributed by atoms with van der Waals surface area (Å²) < 4.78 is 1.93. The number of aryl methyl sites for hydroxylation is 1. The van der Waals surface area contributed by atoms with Crippen LogP contribution in [0.25, 0.3) is 0 Å². The van der Waals surface area contributed by atoms with Crippen LogP contribution in [0.5, 0.6) is 0 Å². The summed E-state index contributed by atoms with van der Waals surface area (Å²) >= 11 is 3.23. The van der Waals surface area contributed by atoms with Gasteiger partial charge in [-0.1, -0.05) is 5.21 Å². The maximum Gasteiger partial charge on any atom is 0.213 e. The summed E-state index contributed by atoms with van der Waals surface area (Å²) in [4.78, 5) is 14.3. The quantitative estimate of drug-likeness (QED) is 0.812. The molecule has 2 aromatic rings. The van der Waals surface area contributed by atoms with Crippen molar-refractivity contribution < 1.29 is 4.79 Å². The molecule has 0 spiro atoms. The van der Waals surface area contributed by atoms with E-state index in [0.29, 0.717) is 15.9 Å². The molecule has 94 valence electrons. The van der Waals surface area contributed by atoms with E-state index in [2.05, 4.69) is 26.2 Å². The Bertz CT molecular complexity index is 555. The Balaban J connectivity index is 2.35. The minimum atomic E-state index is -0.0975. The van der Waals surface area contributed by atoms with E-state index in [1.54, 1.807) is 19.2 Å². The van der Waals surface area contributed by atoms with Gasteiger partial charge in [-0.2, -0.15) is 0 Å². The summed E-state index contributed by atoms with van der Waals surface area (Å²) in [7, 11) is 5.61. The molecule has 1 heterocycles. The first kappa shape index (κ1) is 12.8. The largest absolute Gasteiger partial charge is 0.378 e. The number of carbonyl (C=O) groups is 1. The zero-order valence-corrected chi connectivity index (χ0v) is 12.0. The molecule has 0 radical (unpaired) electrons. The summed E-state index contributed by atoms with van der Waals surface area (Å²) in [6.45, 7) is 0. The molecule has 0 fully saturated rings. The van der Waals surface area contributed by atoms with Crippen molar-refractivity contribution in [2.75, 3.05) is 19.0 Å². The maximum atomic E-state index is 12.3. The minimum absolute atomic E-state index is 0.0975. The van der Waals surface area contributed by atoms with Crippen molar-refractivity contribution in [3.05, 3.63) is 40.1 Å². The van der Waals surface area contributed by atoms with Crippen LogP contribution in [0.4, 0.5) is 5.69 Å². The molecule has 0 unspecified atom stereocenters. The number of hydrogen-bond donors (Lipinski definition) is 0. The van der Waals surface area contributed by atoms with Crippen molar-refractivity contribution in [1.82, 2.24) is 15.0 Å². The van der Waals surface area contributed by atoms with Gasteiger partial charge in [0.2, 0.25) is 5.78 Å². The SMILES string of the molecule is CN(C)c1ccc(C(=O)c2c(Br)nnn2C)cc1. The standard InChI is InChI=1S/C12H13BrN4O/c1-16(2)9-6-4-8(5-7-9)11(18)10-12(13)14-15-17(10)3/h4-7H,1-3H3. The molecule has 1 aromatic heterocycles. The van der Waals surface area contributed by atoms with Gasteiger partial charge in [0.25, 0.3) is 0 Å². The fourth-order valence-electron chi connectivity index (χ4n) is 1.62. The molecule has 0 saturated heterocycles. The molecular formula is C12H13BrN4O. The predicted molar refractivity (Wildman–Crippen MR) is 72.9 cm³/mol. The summed E-state index contributed by atoms with van der Waals surface area (Å²) in [6.07, 6.45) is 0. The van der Waals surface area contributed by atoms with Crippen LogP contribution in [0.15, 0.2) is 28.9 Å². The maximum absolute atomic E-state index is 12.3. The number of benzene rings is 1. The Morgan fingerprint density at radius 2 is 1.89 bits per heavy atom. The third kappa shape index (κ3) is 2.28. The fourth-order valence-corrected chi connectivity index (χ4v) is 2.13. The molecular weight excluding hydrogens is 296 g/mol. The van der Waals surface area contributed by atoms with Crippen molar-refractivity contribution in [1.29, 1.82) is 0 Å². The summed E-state index contributed by atoms with van der Waals surface area (Å²) in [6, 6.07) is 7.42. The number of carbonyl (C=O) groups excluding carboxylic acids is 1. The van der Waals surface area contributed by atoms with E-state index in [1.807, 2.05) is 31.1 Å². The van der Waals surface area contributed by atoms with Gasteiger partial charge in [-0.05, 0) is 40.2 Å². The third-order valence-corrected chi connectivity index (χ3v) is 3.18. The number of ketones is 1. The zero-order chi connectivity index (χ0) is 13.3. The second-order valence-electron chi connectivity index (χ2n) is 4.12. The first-order valence-electron chi connectivity index (χ1n) is 5.38. The molecule has 0 bridgehead atoms. The number of rotatable bonds is 3. The van der Waals surface area contributed by atoms with Crippen LogP contribution in [-0.2, 0) is 7.05 Å². The molecule has 0 aliphatic heterocycles. The number of anilines is 1. The van der Waals surface area contributed by atoms with Gasteiger partial charge in [-0.15, -0.1) is 5.10 Å². The number of hydrogen-bond acceptors (Lipinski definition) is 4. The molecule has 1 aromatic carbocycles. The van der Waals surface area contributed by atoms with Crippen LogP contribution >= 0.6 is 15.9 Å². The highest BCUT2D eigenvalue weighted by molar-refractivity contribution is 9.10. The van der Waals surface area contributed by atoms with E-state index in [-0.39, 0.29) is 5.78 Å². The molecule has 5 nitrogen and oxygen atoms in total. The fraction of sp³-hybridized carbons (Fsp3) is 0.250. The summed E-state index contributed by atoms with van der Waals surface area (Å²) in [5.74, 6) is -0.0975. The molecule has 6 heteroatoms. The lowest BCUT2D eigenvalue weighted by atomic mass is 10.1. The summed E-state index contributed by atoms with van der Waals surface area (Å²) in [5.41, 5.74) is 2.12. The van der Waals surface area contributed by atoms with Crippen LogP contribution in [0.2, 0.25) is 0 Å². The lowest BCUT2D eigenvalue weighted by Crippen LogP contribution is -2.11. The van der Waals surface area contributed by atoms with Crippen LogP contribution in [0.3, 0.4) is 0 Å². The summed E-state index contributed by atoms with van der Waals surface area (Å²) in [5, 5.41) is 7.61. The molecule has 0 N–H and O–H groups in total. The topological polar surface area (TPSA) is 51.0 Å². The van der Waals surface area contributed by atoms with Crippen LogP contribution < -0.4 is 4.90 Å². The van der Waals surface area contributed by atoms with Crippen molar-refractivity contribution >= 4 is 27.4 Å². The highest BCUT2D eigenvalue weighted by Gasteiger charge is 2.18. The zero-order valence-electron chi connectivity index (χ0n) is 10.4. The second-order valence-corrected chi connectivity index (χ2v) is 4.87. The smallest absolute Gasteiger partial charge is 0.213 e. The van der Waals surface area contributed by atoms with Gasteiger partial charge in [-0.3, -0.25) is 4.79 Å². The van der Waals surface area contributed by atoms with E-state index in [9.17, 15) is 4.79 Å². The number of nitrogens with zero attached hydrogens (tertiary/aromatic N) is 4. The Kier molecular flexibility index (Phi) is 3.47. The van der Waals surface area contributed by atoms with Gasteiger partial charge < -0.3 is 4.90 Å².